The lowest BCUT2D eigenvalue weighted by atomic mass is 10.2. The molecule has 0 bridgehead atoms. The molecule has 1 N–H and O–H groups in total. The highest BCUT2D eigenvalue weighted by Crippen LogP contribution is 2.21. The maximum absolute atomic E-state index is 12.7. The second kappa shape index (κ2) is 7.67. The number of anilines is 1. The van der Waals surface area contributed by atoms with Crippen LogP contribution in [0.2, 0.25) is 0 Å². The molecule has 0 saturated carbocycles. The Morgan fingerprint density at radius 2 is 1.86 bits per heavy atom. The van der Waals surface area contributed by atoms with Crippen molar-refractivity contribution in [3.05, 3.63) is 29.8 Å². The smallest absolute Gasteiger partial charge is 0.324 e. The van der Waals surface area contributed by atoms with E-state index in [0.29, 0.717) is 6.54 Å². The van der Waals surface area contributed by atoms with Crippen LogP contribution in [-0.2, 0) is 4.79 Å². The van der Waals surface area contributed by atoms with E-state index in [2.05, 4.69) is 0 Å². The Morgan fingerprint density at radius 1 is 1.24 bits per heavy atom. The topological polar surface area (TPSA) is 60.9 Å². The number of hydrogen-bond acceptors (Lipinski definition) is 2. The van der Waals surface area contributed by atoms with Gasteiger partial charge in [-0.25, -0.2) is 4.79 Å². The lowest BCUT2D eigenvalue weighted by Gasteiger charge is -2.33. The first-order valence-electron chi connectivity index (χ1n) is 7.24. The molecular formula is C16H24N2O3. The van der Waals surface area contributed by atoms with Gasteiger partial charge in [0.25, 0.3) is 0 Å². The maximum atomic E-state index is 12.7. The minimum absolute atomic E-state index is 0.0464. The fourth-order valence-corrected chi connectivity index (χ4v) is 2.22. The Bertz CT molecular complexity index is 500. The Morgan fingerprint density at radius 3 is 2.33 bits per heavy atom. The fraction of sp³-hybridized carbons (Fsp3) is 0.500. The molecule has 0 atom stereocenters. The van der Waals surface area contributed by atoms with Gasteiger partial charge in [-0.15, -0.1) is 0 Å². The van der Waals surface area contributed by atoms with E-state index in [0.717, 1.165) is 11.3 Å². The molecule has 0 aliphatic rings. The summed E-state index contributed by atoms with van der Waals surface area (Å²) in [4.78, 5) is 26.8. The zero-order valence-electron chi connectivity index (χ0n) is 13.2. The number of rotatable bonds is 6. The van der Waals surface area contributed by atoms with Gasteiger partial charge in [-0.2, -0.15) is 0 Å². The number of carboxylic acid groups (broad SMARTS) is 1. The van der Waals surface area contributed by atoms with Gasteiger partial charge in [0.15, 0.2) is 0 Å². The number of carboxylic acids is 1. The van der Waals surface area contributed by atoms with Crippen molar-refractivity contribution in [3.63, 3.8) is 0 Å². The minimum Gasteiger partial charge on any atom is -0.481 e. The SMILES string of the molecule is CCN(C(=O)N(CCC(=O)O)C(C)C)c1ccccc1C. The molecule has 0 radical (unpaired) electrons. The van der Waals surface area contributed by atoms with Crippen molar-refractivity contribution in [2.75, 3.05) is 18.0 Å². The number of urea groups is 1. The van der Waals surface area contributed by atoms with Crippen molar-refractivity contribution in [2.24, 2.45) is 0 Å². The summed E-state index contributed by atoms with van der Waals surface area (Å²) in [6.45, 7) is 8.42. The summed E-state index contributed by atoms with van der Waals surface area (Å²) >= 11 is 0. The number of carbonyl (C=O) groups is 2. The predicted octanol–water partition coefficient (Wildman–Crippen LogP) is 3.13. The number of carbonyl (C=O) groups excluding carboxylic acids is 1. The van der Waals surface area contributed by atoms with Gasteiger partial charge >= 0.3 is 12.0 Å². The zero-order chi connectivity index (χ0) is 16.0. The molecule has 0 unspecified atom stereocenters. The Labute approximate surface area is 126 Å². The van der Waals surface area contributed by atoms with Crippen molar-refractivity contribution in [2.45, 2.75) is 40.2 Å². The first-order chi connectivity index (χ1) is 9.88. The lowest BCUT2D eigenvalue weighted by molar-refractivity contribution is -0.137. The predicted molar refractivity (Wildman–Crippen MR) is 83.7 cm³/mol. The van der Waals surface area contributed by atoms with E-state index >= 15 is 0 Å². The van der Waals surface area contributed by atoms with Crippen molar-refractivity contribution < 1.29 is 14.7 Å². The molecular weight excluding hydrogens is 268 g/mol. The van der Waals surface area contributed by atoms with Crippen molar-refractivity contribution in [1.82, 2.24) is 4.90 Å². The number of aliphatic carboxylic acids is 1. The Balaban J connectivity index is 2.99. The van der Waals surface area contributed by atoms with Gasteiger partial charge in [0.1, 0.15) is 0 Å². The van der Waals surface area contributed by atoms with E-state index in [1.165, 1.54) is 0 Å². The average molecular weight is 292 g/mol. The third kappa shape index (κ3) is 4.48. The van der Waals surface area contributed by atoms with Crippen LogP contribution in [0.5, 0.6) is 0 Å². The molecule has 2 amide bonds. The summed E-state index contributed by atoms with van der Waals surface area (Å²) in [6, 6.07) is 7.50. The van der Waals surface area contributed by atoms with Crippen molar-refractivity contribution in [1.29, 1.82) is 0 Å². The van der Waals surface area contributed by atoms with E-state index in [9.17, 15) is 9.59 Å². The lowest BCUT2D eigenvalue weighted by Crippen LogP contribution is -2.47. The second-order valence-electron chi connectivity index (χ2n) is 5.24. The van der Waals surface area contributed by atoms with Crippen LogP contribution in [0.3, 0.4) is 0 Å². The van der Waals surface area contributed by atoms with Crippen LogP contribution in [0.15, 0.2) is 24.3 Å². The quantitative estimate of drug-likeness (QED) is 0.876. The number of hydrogen-bond donors (Lipinski definition) is 1. The summed E-state index contributed by atoms with van der Waals surface area (Å²) in [5.74, 6) is -0.896. The molecule has 5 nitrogen and oxygen atoms in total. The third-order valence-electron chi connectivity index (χ3n) is 3.39. The fourth-order valence-electron chi connectivity index (χ4n) is 2.22. The number of para-hydroxylation sites is 1. The van der Waals surface area contributed by atoms with Gasteiger partial charge in [-0.1, -0.05) is 18.2 Å². The van der Waals surface area contributed by atoms with Crippen molar-refractivity contribution in [3.8, 4) is 0 Å². The van der Waals surface area contributed by atoms with Gasteiger partial charge in [-0.3, -0.25) is 9.69 Å². The van der Waals surface area contributed by atoms with Gasteiger partial charge < -0.3 is 10.0 Å². The summed E-state index contributed by atoms with van der Waals surface area (Å²) in [5.41, 5.74) is 1.89. The number of aryl methyl sites for hydroxylation is 1. The van der Waals surface area contributed by atoms with Gasteiger partial charge in [-0.05, 0) is 39.3 Å². The van der Waals surface area contributed by atoms with Crippen LogP contribution in [0.1, 0.15) is 32.8 Å². The molecule has 0 aliphatic carbocycles. The summed E-state index contributed by atoms with van der Waals surface area (Å²) in [6.07, 6.45) is -0.0464. The average Bonchev–Trinajstić information content (AvgIpc) is 2.41. The maximum Gasteiger partial charge on any atom is 0.324 e. The molecule has 0 aliphatic heterocycles. The monoisotopic (exact) mass is 292 g/mol. The third-order valence-corrected chi connectivity index (χ3v) is 3.39. The van der Waals surface area contributed by atoms with Crippen LogP contribution in [-0.4, -0.2) is 41.1 Å². The molecule has 116 valence electrons. The molecule has 1 aromatic carbocycles. The minimum atomic E-state index is -0.896. The zero-order valence-corrected chi connectivity index (χ0v) is 13.2. The number of amides is 2. The van der Waals surface area contributed by atoms with Crippen LogP contribution >= 0.6 is 0 Å². The first-order valence-corrected chi connectivity index (χ1v) is 7.24. The number of benzene rings is 1. The van der Waals surface area contributed by atoms with Crippen LogP contribution in [0.25, 0.3) is 0 Å². The Kier molecular flexibility index (Phi) is 6.21. The summed E-state index contributed by atoms with van der Waals surface area (Å²) in [5, 5.41) is 8.83. The van der Waals surface area contributed by atoms with E-state index in [1.54, 1.807) is 9.80 Å². The summed E-state index contributed by atoms with van der Waals surface area (Å²) < 4.78 is 0. The molecule has 0 fully saturated rings. The van der Waals surface area contributed by atoms with Crippen molar-refractivity contribution >= 4 is 17.7 Å². The Hall–Kier alpha value is -2.04. The molecule has 0 aromatic heterocycles. The van der Waals surface area contributed by atoms with Gasteiger partial charge in [0.05, 0.1) is 6.42 Å². The molecule has 0 spiro atoms. The first kappa shape index (κ1) is 17.0. The largest absolute Gasteiger partial charge is 0.481 e. The van der Waals surface area contributed by atoms with Gasteiger partial charge in [0, 0.05) is 24.8 Å². The second-order valence-corrected chi connectivity index (χ2v) is 5.24. The van der Waals surface area contributed by atoms with E-state index in [4.69, 9.17) is 5.11 Å². The highest BCUT2D eigenvalue weighted by molar-refractivity contribution is 5.93. The molecule has 1 aromatic rings. The molecule has 0 saturated heterocycles. The summed E-state index contributed by atoms with van der Waals surface area (Å²) in [7, 11) is 0. The van der Waals surface area contributed by atoms with Crippen LogP contribution < -0.4 is 4.90 Å². The molecule has 1 rings (SSSR count). The standard InChI is InChI=1S/C16H24N2O3/c1-5-17(14-9-7-6-8-13(14)4)16(21)18(12(2)3)11-10-15(19)20/h6-9,12H,5,10-11H2,1-4H3,(H,19,20). The molecule has 5 heteroatoms. The normalized spacial score (nSPS) is 10.5. The highest BCUT2D eigenvalue weighted by Gasteiger charge is 2.24. The van der Waals surface area contributed by atoms with Crippen LogP contribution in [0, 0.1) is 6.92 Å². The van der Waals surface area contributed by atoms with E-state index in [1.807, 2.05) is 52.0 Å². The molecule has 0 heterocycles. The molecule has 21 heavy (non-hydrogen) atoms. The highest BCUT2D eigenvalue weighted by atomic mass is 16.4. The van der Waals surface area contributed by atoms with Gasteiger partial charge in [0.2, 0.25) is 0 Å². The number of nitrogens with zero attached hydrogens (tertiary/aromatic N) is 2. The van der Waals surface area contributed by atoms with E-state index in [-0.39, 0.29) is 25.0 Å². The van der Waals surface area contributed by atoms with Crippen LogP contribution in [0.4, 0.5) is 10.5 Å². The van der Waals surface area contributed by atoms with E-state index < -0.39 is 5.97 Å².